The first-order valence-corrected chi connectivity index (χ1v) is 7.40. The lowest BCUT2D eigenvalue weighted by molar-refractivity contribution is 0.613. The average Bonchev–Trinajstić information content (AvgIpc) is 2.51. The van der Waals surface area contributed by atoms with Crippen LogP contribution < -0.4 is 5.32 Å². The predicted octanol–water partition coefficient (Wildman–Crippen LogP) is 3.84. The highest BCUT2D eigenvalue weighted by molar-refractivity contribution is 6.30. The maximum absolute atomic E-state index is 13.9. The van der Waals surface area contributed by atoms with Crippen LogP contribution in [0.25, 0.3) is 5.57 Å². The quantitative estimate of drug-likeness (QED) is 0.932. The molecule has 0 spiro atoms. The third-order valence-corrected chi connectivity index (χ3v) is 3.82. The molecule has 1 aliphatic rings. The molecule has 0 bridgehead atoms. The van der Waals surface area contributed by atoms with E-state index in [1.165, 1.54) is 11.6 Å². The summed E-state index contributed by atoms with van der Waals surface area (Å²) in [5.41, 5.74) is 3.73. The topological polar surface area (TPSA) is 24.9 Å². The zero-order chi connectivity index (χ0) is 14.7. The van der Waals surface area contributed by atoms with Crippen molar-refractivity contribution < 1.29 is 4.39 Å². The van der Waals surface area contributed by atoms with Gasteiger partial charge in [-0.25, -0.2) is 4.39 Å². The molecule has 3 rings (SSSR count). The molecule has 108 valence electrons. The van der Waals surface area contributed by atoms with Crippen LogP contribution in [0.1, 0.15) is 23.4 Å². The van der Waals surface area contributed by atoms with Gasteiger partial charge in [0, 0.05) is 23.7 Å². The first-order chi connectivity index (χ1) is 10.2. The van der Waals surface area contributed by atoms with E-state index >= 15 is 0 Å². The van der Waals surface area contributed by atoms with Crippen molar-refractivity contribution in [2.24, 2.45) is 0 Å². The minimum absolute atomic E-state index is 0.282. The number of rotatable bonds is 3. The molecule has 0 saturated heterocycles. The normalized spacial score (nSPS) is 14.9. The minimum atomic E-state index is -0.282. The van der Waals surface area contributed by atoms with E-state index in [-0.39, 0.29) is 5.82 Å². The van der Waals surface area contributed by atoms with Crippen LogP contribution in [0.15, 0.2) is 42.5 Å². The Hall–Kier alpha value is -1.71. The van der Waals surface area contributed by atoms with Crippen molar-refractivity contribution in [2.45, 2.75) is 12.8 Å². The first-order valence-electron chi connectivity index (χ1n) is 7.02. The van der Waals surface area contributed by atoms with Gasteiger partial charge in [0.05, 0.1) is 5.69 Å². The Kier molecular flexibility index (Phi) is 4.32. The van der Waals surface area contributed by atoms with E-state index in [2.05, 4.69) is 16.4 Å². The molecule has 0 amide bonds. The van der Waals surface area contributed by atoms with Crippen molar-refractivity contribution in [1.82, 2.24) is 10.3 Å². The molecule has 2 nitrogen and oxygen atoms in total. The maximum Gasteiger partial charge on any atom is 0.128 e. The largest absolute Gasteiger partial charge is 0.313 e. The van der Waals surface area contributed by atoms with Crippen molar-refractivity contribution in [3.63, 3.8) is 0 Å². The Morgan fingerprint density at radius 1 is 1.24 bits per heavy atom. The van der Waals surface area contributed by atoms with Gasteiger partial charge < -0.3 is 5.32 Å². The standard InChI is InChI=1S/C17H16ClFN2/c18-14-5-4-13(16(19)11-14)10-15-2-1-3-17(21-15)12-6-8-20-9-7-12/h1-6,11,20H,7-10H2. The predicted molar refractivity (Wildman–Crippen MR) is 83.9 cm³/mol. The third kappa shape index (κ3) is 3.49. The molecular formula is C17H16ClFN2. The van der Waals surface area contributed by atoms with Gasteiger partial charge >= 0.3 is 0 Å². The highest BCUT2D eigenvalue weighted by Gasteiger charge is 2.09. The lowest BCUT2D eigenvalue weighted by Gasteiger charge is -2.14. The van der Waals surface area contributed by atoms with Crippen molar-refractivity contribution in [1.29, 1.82) is 0 Å². The van der Waals surface area contributed by atoms with Gasteiger partial charge in [0.25, 0.3) is 0 Å². The van der Waals surface area contributed by atoms with Gasteiger partial charge in [0.15, 0.2) is 0 Å². The fourth-order valence-corrected chi connectivity index (χ4v) is 2.63. The second-order valence-corrected chi connectivity index (χ2v) is 5.55. The van der Waals surface area contributed by atoms with Gasteiger partial charge in [0.2, 0.25) is 0 Å². The van der Waals surface area contributed by atoms with Crippen LogP contribution in [0, 0.1) is 5.82 Å². The van der Waals surface area contributed by atoms with Crippen LogP contribution in [0.2, 0.25) is 5.02 Å². The number of halogens is 2. The van der Waals surface area contributed by atoms with Crippen LogP contribution in [-0.2, 0) is 6.42 Å². The van der Waals surface area contributed by atoms with E-state index in [1.54, 1.807) is 12.1 Å². The number of aromatic nitrogens is 1. The molecule has 0 saturated carbocycles. The van der Waals surface area contributed by atoms with E-state index in [1.807, 2.05) is 18.2 Å². The van der Waals surface area contributed by atoms with Gasteiger partial charge in [0.1, 0.15) is 5.82 Å². The molecule has 0 unspecified atom stereocenters. The minimum Gasteiger partial charge on any atom is -0.313 e. The van der Waals surface area contributed by atoms with Crippen molar-refractivity contribution in [2.75, 3.05) is 13.1 Å². The van der Waals surface area contributed by atoms with E-state index in [9.17, 15) is 4.39 Å². The summed E-state index contributed by atoms with van der Waals surface area (Å²) in [4.78, 5) is 4.66. The van der Waals surface area contributed by atoms with E-state index in [0.717, 1.165) is 30.9 Å². The third-order valence-electron chi connectivity index (χ3n) is 3.59. The molecule has 2 aromatic rings. The van der Waals surface area contributed by atoms with E-state index in [0.29, 0.717) is 17.0 Å². The number of pyridine rings is 1. The molecule has 1 N–H and O–H groups in total. The Morgan fingerprint density at radius 2 is 2.14 bits per heavy atom. The number of benzene rings is 1. The summed E-state index contributed by atoms with van der Waals surface area (Å²) in [7, 11) is 0. The van der Waals surface area contributed by atoms with Crippen molar-refractivity contribution >= 4 is 17.2 Å². The van der Waals surface area contributed by atoms with Gasteiger partial charge in [-0.05, 0) is 48.4 Å². The summed E-state index contributed by atoms with van der Waals surface area (Å²) < 4.78 is 13.9. The monoisotopic (exact) mass is 302 g/mol. The molecule has 0 radical (unpaired) electrons. The number of hydrogen-bond acceptors (Lipinski definition) is 2. The lowest BCUT2D eigenvalue weighted by Crippen LogP contribution is -2.20. The van der Waals surface area contributed by atoms with Crippen molar-refractivity contribution in [3.05, 3.63) is 70.3 Å². The van der Waals surface area contributed by atoms with Crippen LogP contribution in [0.5, 0.6) is 0 Å². The molecule has 1 aromatic heterocycles. The van der Waals surface area contributed by atoms with Gasteiger partial charge in [-0.3, -0.25) is 4.98 Å². The Balaban J connectivity index is 1.84. The molecule has 0 fully saturated rings. The zero-order valence-electron chi connectivity index (χ0n) is 11.6. The van der Waals surface area contributed by atoms with Gasteiger partial charge in [-0.15, -0.1) is 0 Å². The smallest absolute Gasteiger partial charge is 0.128 e. The number of hydrogen-bond donors (Lipinski definition) is 1. The Labute approximate surface area is 128 Å². The summed E-state index contributed by atoms with van der Waals surface area (Å²) >= 11 is 5.78. The first kappa shape index (κ1) is 14.2. The summed E-state index contributed by atoms with van der Waals surface area (Å²) in [6.45, 7) is 1.86. The fourth-order valence-electron chi connectivity index (χ4n) is 2.47. The average molecular weight is 303 g/mol. The second kappa shape index (κ2) is 6.37. The van der Waals surface area contributed by atoms with E-state index < -0.39 is 0 Å². The summed E-state index contributed by atoms with van der Waals surface area (Å²) in [6, 6.07) is 10.7. The molecule has 1 aromatic carbocycles. The highest BCUT2D eigenvalue weighted by atomic mass is 35.5. The van der Waals surface area contributed by atoms with Crippen LogP contribution >= 0.6 is 11.6 Å². The maximum atomic E-state index is 13.9. The Bertz CT molecular complexity index is 682. The molecule has 21 heavy (non-hydrogen) atoms. The van der Waals surface area contributed by atoms with Crippen LogP contribution in [-0.4, -0.2) is 18.1 Å². The van der Waals surface area contributed by atoms with Crippen LogP contribution in [0.4, 0.5) is 4.39 Å². The molecule has 0 atom stereocenters. The molecule has 4 heteroatoms. The SMILES string of the molecule is Fc1cc(Cl)ccc1Cc1cccc(C2=CCNCC2)n1. The molecule has 2 heterocycles. The van der Waals surface area contributed by atoms with Gasteiger partial charge in [-0.1, -0.05) is 29.8 Å². The zero-order valence-corrected chi connectivity index (χ0v) is 12.3. The summed E-state index contributed by atoms with van der Waals surface area (Å²) in [6.07, 6.45) is 3.62. The van der Waals surface area contributed by atoms with Crippen molar-refractivity contribution in [3.8, 4) is 0 Å². The van der Waals surface area contributed by atoms with Gasteiger partial charge in [-0.2, -0.15) is 0 Å². The lowest BCUT2D eigenvalue weighted by atomic mass is 10.0. The molecule has 1 aliphatic heterocycles. The van der Waals surface area contributed by atoms with E-state index in [4.69, 9.17) is 11.6 Å². The molecular weight excluding hydrogens is 287 g/mol. The fraction of sp³-hybridized carbons (Fsp3) is 0.235. The second-order valence-electron chi connectivity index (χ2n) is 5.11. The number of nitrogens with zero attached hydrogens (tertiary/aromatic N) is 1. The molecule has 0 aliphatic carbocycles. The number of nitrogens with one attached hydrogen (secondary N) is 1. The Morgan fingerprint density at radius 3 is 2.90 bits per heavy atom. The van der Waals surface area contributed by atoms with Crippen LogP contribution in [0.3, 0.4) is 0 Å². The summed E-state index contributed by atoms with van der Waals surface area (Å²) in [5.74, 6) is -0.282. The highest BCUT2D eigenvalue weighted by Crippen LogP contribution is 2.20. The summed E-state index contributed by atoms with van der Waals surface area (Å²) in [5, 5.41) is 3.70.